The highest BCUT2D eigenvalue weighted by molar-refractivity contribution is 6.32. The van der Waals surface area contributed by atoms with Crippen LogP contribution in [0.5, 0.6) is 11.5 Å². The highest BCUT2D eigenvalue weighted by Crippen LogP contribution is 2.31. The maximum atomic E-state index is 13.3. The molecule has 2 N–H and O–H groups in total. The lowest BCUT2D eigenvalue weighted by atomic mass is 10.2. The fourth-order valence-electron chi connectivity index (χ4n) is 1.72. The Balaban J connectivity index is 2.20. The number of rotatable bonds is 4. The monoisotopic (exact) mass is 299 g/mol. The molecule has 6 heteroatoms. The Morgan fingerprint density at radius 3 is 2.60 bits per heavy atom. The van der Waals surface area contributed by atoms with Crippen molar-refractivity contribution in [3.63, 3.8) is 0 Å². The van der Waals surface area contributed by atoms with Crippen molar-refractivity contribution < 1.29 is 18.3 Å². The average Bonchev–Trinajstić information content (AvgIpc) is 2.39. The molecule has 0 bridgehead atoms. The molecule has 0 aliphatic heterocycles. The van der Waals surface area contributed by atoms with Gasteiger partial charge in [-0.3, -0.25) is 0 Å². The number of ether oxygens (including phenoxy) is 2. The molecule has 0 atom stereocenters. The van der Waals surface area contributed by atoms with E-state index in [9.17, 15) is 8.78 Å². The fourth-order valence-corrected chi connectivity index (χ4v) is 2.02. The lowest BCUT2D eigenvalue weighted by molar-refractivity contribution is 0.295. The molecule has 106 valence electrons. The van der Waals surface area contributed by atoms with Gasteiger partial charge in [0.05, 0.1) is 17.8 Å². The van der Waals surface area contributed by atoms with E-state index in [4.69, 9.17) is 26.8 Å². The summed E-state index contributed by atoms with van der Waals surface area (Å²) in [5.41, 5.74) is 5.86. The average molecular weight is 300 g/mol. The number of halogens is 3. The van der Waals surface area contributed by atoms with Crippen molar-refractivity contribution in [3.8, 4) is 11.5 Å². The molecule has 3 nitrogen and oxygen atoms in total. The highest BCUT2D eigenvalue weighted by Gasteiger charge is 2.11. The van der Waals surface area contributed by atoms with Gasteiger partial charge in [0.25, 0.3) is 0 Å². The molecule has 0 saturated heterocycles. The second-order valence-electron chi connectivity index (χ2n) is 4.05. The Bertz CT molecular complexity index is 635. The zero-order valence-electron chi connectivity index (χ0n) is 10.6. The van der Waals surface area contributed by atoms with Crippen molar-refractivity contribution in [2.75, 3.05) is 12.8 Å². The fraction of sp³-hybridized carbons (Fsp3) is 0.143. The van der Waals surface area contributed by atoms with Gasteiger partial charge in [-0.25, -0.2) is 8.78 Å². The van der Waals surface area contributed by atoms with Gasteiger partial charge in [-0.2, -0.15) is 0 Å². The summed E-state index contributed by atoms with van der Waals surface area (Å²) in [7, 11) is 1.43. The molecule has 0 aromatic heterocycles. The van der Waals surface area contributed by atoms with Crippen LogP contribution in [0.2, 0.25) is 5.02 Å². The number of anilines is 1. The number of benzene rings is 2. The second kappa shape index (κ2) is 5.96. The third-order valence-corrected chi connectivity index (χ3v) is 2.93. The van der Waals surface area contributed by atoms with E-state index < -0.39 is 11.6 Å². The van der Waals surface area contributed by atoms with Crippen molar-refractivity contribution in [2.24, 2.45) is 0 Å². The van der Waals surface area contributed by atoms with E-state index in [1.54, 1.807) is 0 Å². The van der Waals surface area contributed by atoms with Crippen LogP contribution in [0, 0.1) is 11.6 Å². The predicted octanol–water partition coefficient (Wildman–Crippen LogP) is 3.79. The van der Waals surface area contributed by atoms with Crippen molar-refractivity contribution in [2.45, 2.75) is 6.61 Å². The number of hydrogen-bond acceptors (Lipinski definition) is 3. The van der Waals surface area contributed by atoms with E-state index in [-0.39, 0.29) is 17.3 Å². The molecule has 2 rings (SSSR count). The van der Waals surface area contributed by atoms with Crippen LogP contribution in [0.4, 0.5) is 14.5 Å². The molecule has 0 spiro atoms. The molecule has 2 aromatic carbocycles. The van der Waals surface area contributed by atoms with Crippen LogP contribution < -0.4 is 15.2 Å². The van der Waals surface area contributed by atoms with Crippen LogP contribution in [0.15, 0.2) is 30.3 Å². The summed E-state index contributed by atoms with van der Waals surface area (Å²) in [5, 5.41) is 0.157. The lowest BCUT2D eigenvalue weighted by Gasteiger charge is -2.12. The molecule has 0 aliphatic carbocycles. The second-order valence-corrected chi connectivity index (χ2v) is 4.46. The van der Waals surface area contributed by atoms with Gasteiger partial charge < -0.3 is 15.2 Å². The minimum absolute atomic E-state index is 0.0196. The van der Waals surface area contributed by atoms with Gasteiger partial charge in [-0.05, 0) is 24.3 Å². The first kappa shape index (κ1) is 14.4. The molecule has 0 aliphatic rings. The van der Waals surface area contributed by atoms with Gasteiger partial charge in [-0.1, -0.05) is 11.6 Å². The zero-order chi connectivity index (χ0) is 14.7. The van der Waals surface area contributed by atoms with Gasteiger partial charge in [0.2, 0.25) is 0 Å². The van der Waals surface area contributed by atoms with E-state index in [1.165, 1.54) is 31.4 Å². The standard InChI is InChI=1S/C14H12ClF2NO2/c1-19-14-8(4-9(16)5-11(14)15)7-20-10-2-3-12(17)13(18)6-10/h2-6H,7,18H2,1H3. The molecule has 20 heavy (non-hydrogen) atoms. The first-order chi connectivity index (χ1) is 9.51. The number of methoxy groups -OCH3 is 1. The van der Waals surface area contributed by atoms with Gasteiger partial charge in [0.1, 0.15) is 29.7 Å². The summed E-state index contributed by atoms with van der Waals surface area (Å²) in [6.45, 7) is 0.0196. The maximum Gasteiger partial charge on any atom is 0.146 e. The topological polar surface area (TPSA) is 44.5 Å². The Morgan fingerprint density at radius 2 is 1.95 bits per heavy atom. The zero-order valence-corrected chi connectivity index (χ0v) is 11.4. The quantitative estimate of drug-likeness (QED) is 0.874. The van der Waals surface area contributed by atoms with E-state index in [0.29, 0.717) is 17.1 Å². The molecule has 0 amide bonds. The number of nitrogen functional groups attached to an aromatic ring is 1. The molecule has 0 unspecified atom stereocenters. The van der Waals surface area contributed by atoms with Crippen LogP contribution in [-0.2, 0) is 6.61 Å². The third-order valence-electron chi connectivity index (χ3n) is 2.65. The van der Waals surface area contributed by atoms with E-state index >= 15 is 0 Å². The minimum atomic E-state index is -0.524. The first-order valence-electron chi connectivity index (χ1n) is 5.71. The van der Waals surface area contributed by atoms with Crippen LogP contribution in [-0.4, -0.2) is 7.11 Å². The van der Waals surface area contributed by atoms with Gasteiger partial charge in [0, 0.05) is 11.6 Å². The predicted molar refractivity (Wildman–Crippen MR) is 73.1 cm³/mol. The van der Waals surface area contributed by atoms with Crippen molar-refractivity contribution >= 4 is 17.3 Å². The van der Waals surface area contributed by atoms with Gasteiger partial charge in [-0.15, -0.1) is 0 Å². The highest BCUT2D eigenvalue weighted by atomic mass is 35.5. The Hall–Kier alpha value is -2.01. The smallest absolute Gasteiger partial charge is 0.146 e. The summed E-state index contributed by atoms with van der Waals surface area (Å²) < 4.78 is 36.9. The van der Waals surface area contributed by atoms with Crippen LogP contribution in [0.1, 0.15) is 5.56 Å². The Labute approximate surface area is 119 Å². The summed E-state index contributed by atoms with van der Waals surface area (Å²) >= 11 is 5.87. The van der Waals surface area contributed by atoms with Gasteiger partial charge in [0.15, 0.2) is 0 Å². The number of nitrogens with two attached hydrogens (primary N) is 1. The summed E-state index contributed by atoms with van der Waals surface area (Å²) in [6, 6.07) is 6.39. The molecule has 0 saturated carbocycles. The number of hydrogen-bond donors (Lipinski definition) is 1. The molecule has 0 heterocycles. The van der Waals surface area contributed by atoms with E-state index in [0.717, 1.165) is 6.07 Å². The summed E-state index contributed by atoms with van der Waals surface area (Å²) in [5.74, 6) is -0.314. The van der Waals surface area contributed by atoms with Crippen molar-refractivity contribution in [1.29, 1.82) is 0 Å². The van der Waals surface area contributed by atoms with Gasteiger partial charge >= 0.3 is 0 Å². The largest absolute Gasteiger partial charge is 0.495 e. The maximum absolute atomic E-state index is 13.3. The van der Waals surface area contributed by atoms with Crippen molar-refractivity contribution in [1.82, 2.24) is 0 Å². The van der Waals surface area contributed by atoms with E-state index in [2.05, 4.69) is 0 Å². The molecular formula is C14H12ClF2NO2. The van der Waals surface area contributed by atoms with Crippen LogP contribution in [0.25, 0.3) is 0 Å². The summed E-state index contributed by atoms with van der Waals surface area (Å²) in [4.78, 5) is 0. The van der Waals surface area contributed by atoms with E-state index in [1.807, 2.05) is 0 Å². The normalized spacial score (nSPS) is 10.4. The molecular weight excluding hydrogens is 288 g/mol. The lowest BCUT2D eigenvalue weighted by Crippen LogP contribution is -2.01. The minimum Gasteiger partial charge on any atom is -0.495 e. The summed E-state index contributed by atoms with van der Waals surface area (Å²) in [6.07, 6.45) is 0. The SMILES string of the molecule is COc1c(Cl)cc(F)cc1COc1ccc(F)c(N)c1. The molecule has 0 fully saturated rings. The van der Waals surface area contributed by atoms with Crippen molar-refractivity contribution in [3.05, 3.63) is 52.6 Å². The Morgan fingerprint density at radius 1 is 1.20 bits per heavy atom. The van der Waals surface area contributed by atoms with Crippen LogP contribution >= 0.6 is 11.6 Å². The third kappa shape index (κ3) is 3.11. The molecule has 0 radical (unpaired) electrons. The van der Waals surface area contributed by atoms with Crippen LogP contribution in [0.3, 0.4) is 0 Å². The molecule has 2 aromatic rings. The first-order valence-corrected chi connectivity index (χ1v) is 6.09. The Kier molecular flexibility index (Phi) is 4.29.